The third-order valence-electron chi connectivity index (χ3n) is 4.39. The van der Waals surface area contributed by atoms with Crippen LogP contribution in [-0.4, -0.2) is 34.2 Å². The molecule has 1 aliphatic heterocycles. The van der Waals surface area contributed by atoms with Gasteiger partial charge < -0.3 is 9.84 Å². The third kappa shape index (κ3) is 4.74. The van der Waals surface area contributed by atoms with E-state index in [4.69, 9.17) is 4.74 Å². The summed E-state index contributed by atoms with van der Waals surface area (Å²) in [4.78, 5) is 19.5. The van der Waals surface area contributed by atoms with Gasteiger partial charge in [0.25, 0.3) is 5.91 Å². The predicted molar refractivity (Wildman–Crippen MR) is 120 cm³/mol. The first-order valence-corrected chi connectivity index (χ1v) is 10.4. The number of phenols is 1. The van der Waals surface area contributed by atoms with Crippen LogP contribution in [-0.2, 0) is 11.2 Å². The molecule has 0 radical (unpaired) electrons. The van der Waals surface area contributed by atoms with E-state index in [1.165, 1.54) is 23.9 Å². The number of nitrogens with zero attached hydrogens (tertiary/aromatic N) is 2. The number of halogens is 1. The molecule has 0 aromatic heterocycles. The first-order valence-electron chi connectivity index (χ1n) is 9.62. The number of thioether (sulfide) groups is 1. The molecule has 30 heavy (non-hydrogen) atoms. The molecular formula is C23H23FN2O3S. The van der Waals surface area contributed by atoms with Crippen molar-refractivity contribution in [1.82, 2.24) is 4.90 Å². The van der Waals surface area contributed by atoms with Crippen molar-refractivity contribution in [3.8, 4) is 11.5 Å². The molecule has 1 heterocycles. The minimum absolute atomic E-state index is 0.0815. The van der Waals surface area contributed by atoms with Gasteiger partial charge >= 0.3 is 0 Å². The number of likely N-dealkylation sites (N-methyl/N-ethyl adjacent to an activating group) is 1. The number of ether oxygens (including phenoxy) is 1. The Morgan fingerprint density at radius 3 is 2.63 bits per heavy atom. The van der Waals surface area contributed by atoms with Gasteiger partial charge in [0.2, 0.25) is 0 Å². The van der Waals surface area contributed by atoms with Crippen LogP contribution >= 0.6 is 11.8 Å². The molecule has 0 atom stereocenters. The van der Waals surface area contributed by atoms with Crippen LogP contribution in [0.15, 0.2) is 59.0 Å². The Morgan fingerprint density at radius 1 is 1.27 bits per heavy atom. The summed E-state index contributed by atoms with van der Waals surface area (Å²) in [5.41, 5.74) is 1.98. The summed E-state index contributed by atoms with van der Waals surface area (Å²) in [6.45, 7) is 8.31. The van der Waals surface area contributed by atoms with Gasteiger partial charge in [-0.05, 0) is 80.1 Å². The van der Waals surface area contributed by atoms with Gasteiger partial charge in [-0.3, -0.25) is 9.69 Å². The minimum Gasteiger partial charge on any atom is -0.504 e. The standard InChI is InChI=1S/C23H23FN2O3S/c1-4-7-16-12-15(13-19(21(16)27)29-6-3)14-20-22(28)26(5-2)23(30-20)25-18-10-8-17(24)9-11-18/h4,8-14,27H,1,5-7H2,2-3H3/b20-14+,25-23?. The summed E-state index contributed by atoms with van der Waals surface area (Å²) in [6, 6.07) is 9.32. The fourth-order valence-electron chi connectivity index (χ4n) is 3.00. The third-order valence-corrected chi connectivity index (χ3v) is 5.40. The number of rotatable bonds is 7. The highest BCUT2D eigenvalue weighted by molar-refractivity contribution is 8.18. The molecule has 1 N–H and O–H groups in total. The number of amidine groups is 1. The van der Waals surface area contributed by atoms with Gasteiger partial charge in [-0.1, -0.05) is 6.08 Å². The molecule has 0 unspecified atom stereocenters. The number of aromatic hydroxyl groups is 1. The Bertz CT molecular complexity index is 1020. The van der Waals surface area contributed by atoms with E-state index in [1.54, 1.807) is 35.3 Å². The zero-order valence-corrected chi connectivity index (χ0v) is 17.7. The molecule has 1 amide bonds. The molecule has 0 saturated carbocycles. The SMILES string of the molecule is C=CCc1cc(/C=C2/SC(=Nc3ccc(F)cc3)N(CC)C2=O)cc(OCC)c1O. The second kappa shape index (κ2) is 9.63. The van der Waals surface area contributed by atoms with Crippen molar-refractivity contribution >= 4 is 34.6 Å². The van der Waals surface area contributed by atoms with Crippen LogP contribution in [0.2, 0.25) is 0 Å². The van der Waals surface area contributed by atoms with Gasteiger partial charge in [0.1, 0.15) is 5.82 Å². The maximum atomic E-state index is 13.2. The lowest BCUT2D eigenvalue weighted by molar-refractivity contribution is -0.122. The van der Waals surface area contributed by atoms with Crippen LogP contribution < -0.4 is 4.74 Å². The van der Waals surface area contributed by atoms with E-state index in [-0.39, 0.29) is 17.5 Å². The van der Waals surface area contributed by atoms with Crippen molar-refractivity contribution in [2.24, 2.45) is 4.99 Å². The Kier molecular flexibility index (Phi) is 6.95. The summed E-state index contributed by atoms with van der Waals surface area (Å²) in [6.07, 6.45) is 3.93. The summed E-state index contributed by atoms with van der Waals surface area (Å²) in [5, 5.41) is 10.9. The number of carbonyl (C=O) groups is 1. The number of carbonyl (C=O) groups excluding carboxylic acids is 1. The summed E-state index contributed by atoms with van der Waals surface area (Å²) in [5.74, 6) is -0.0424. The average molecular weight is 427 g/mol. The van der Waals surface area contributed by atoms with Crippen molar-refractivity contribution in [3.05, 3.63) is 70.9 Å². The Labute approximate surface area is 179 Å². The number of amides is 1. The second-order valence-electron chi connectivity index (χ2n) is 6.48. The molecule has 1 aliphatic rings. The van der Waals surface area contributed by atoms with Crippen LogP contribution in [0.1, 0.15) is 25.0 Å². The molecule has 1 fully saturated rings. The number of allylic oxidation sites excluding steroid dienone is 1. The zero-order chi connectivity index (χ0) is 21.7. The number of phenolic OH excluding ortho intramolecular Hbond substituents is 1. The molecule has 5 nitrogen and oxygen atoms in total. The molecule has 0 spiro atoms. The number of hydrogen-bond donors (Lipinski definition) is 1. The van der Waals surface area contributed by atoms with Gasteiger partial charge in [-0.2, -0.15) is 0 Å². The van der Waals surface area contributed by atoms with E-state index < -0.39 is 0 Å². The first-order chi connectivity index (χ1) is 14.5. The fourth-order valence-corrected chi connectivity index (χ4v) is 4.06. The van der Waals surface area contributed by atoms with Gasteiger partial charge in [0.15, 0.2) is 16.7 Å². The first kappa shape index (κ1) is 21.6. The van der Waals surface area contributed by atoms with Gasteiger partial charge in [0, 0.05) is 12.1 Å². The number of benzene rings is 2. The van der Waals surface area contributed by atoms with Gasteiger partial charge in [-0.15, -0.1) is 6.58 Å². The predicted octanol–water partition coefficient (Wildman–Crippen LogP) is 5.28. The van der Waals surface area contributed by atoms with Crippen LogP contribution in [0, 0.1) is 5.82 Å². The quantitative estimate of drug-likeness (QED) is 0.483. The summed E-state index contributed by atoms with van der Waals surface area (Å²) in [7, 11) is 0. The van der Waals surface area contributed by atoms with E-state index in [2.05, 4.69) is 11.6 Å². The second-order valence-corrected chi connectivity index (χ2v) is 7.49. The molecule has 0 bridgehead atoms. The molecule has 2 aromatic carbocycles. The Balaban J connectivity index is 1.98. The van der Waals surface area contributed by atoms with Crippen LogP contribution in [0.3, 0.4) is 0 Å². The van der Waals surface area contributed by atoms with Gasteiger partial charge in [-0.25, -0.2) is 9.38 Å². The van der Waals surface area contributed by atoms with E-state index in [9.17, 15) is 14.3 Å². The Hall–Kier alpha value is -3.06. The molecule has 7 heteroatoms. The number of aliphatic imine (C=N–C) groups is 1. The molecular weight excluding hydrogens is 403 g/mol. The van der Waals surface area contributed by atoms with Crippen LogP contribution in [0.4, 0.5) is 10.1 Å². The molecule has 156 valence electrons. The van der Waals surface area contributed by atoms with Crippen LogP contribution in [0.25, 0.3) is 6.08 Å². The fraction of sp³-hybridized carbons (Fsp3) is 0.217. The van der Waals surface area contributed by atoms with E-state index in [0.717, 1.165) is 5.56 Å². The number of hydrogen-bond acceptors (Lipinski definition) is 5. The zero-order valence-electron chi connectivity index (χ0n) is 16.9. The Morgan fingerprint density at radius 2 is 2.00 bits per heavy atom. The van der Waals surface area contributed by atoms with Crippen molar-refractivity contribution in [3.63, 3.8) is 0 Å². The van der Waals surface area contributed by atoms with E-state index in [0.29, 0.717) is 46.6 Å². The maximum absolute atomic E-state index is 13.2. The maximum Gasteiger partial charge on any atom is 0.266 e. The molecule has 1 saturated heterocycles. The highest BCUT2D eigenvalue weighted by Crippen LogP contribution is 2.37. The summed E-state index contributed by atoms with van der Waals surface area (Å²) < 4.78 is 18.7. The topological polar surface area (TPSA) is 62.1 Å². The van der Waals surface area contributed by atoms with E-state index >= 15 is 0 Å². The van der Waals surface area contributed by atoms with Crippen molar-refractivity contribution in [2.45, 2.75) is 20.3 Å². The smallest absolute Gasteiger partial charge is 0.266 e. The van der Waals surface area contributed by atoms with Crippen molar-refractivity contribution in [2.75, 3.05) is 13.2 Å². The average Bonchev–Trinajstić information content (AvgIpc) is 3.01. The van der Waals surface area contributed by atoms with Crippen LogP contribution in [0.5, 0.6) is 11.5 Å². The largest absolute Gasteiger partial charge is 0.504 e. The summed E-state index contributed by atoms with van der Waals surface area (Å²) >= 11 is 1.26. The molecule has 0 aliphatic carbocycles. The molecule has 2 aromatic rings. The lowest BCUT2D eigenvalue weighted by Crippen LogP contribution is -2.28. The minimum atomic E-state index is -0.338. The highest BCUT2D eigenvalue weighted by Gasteiger charge is 2.32. The monoisotopic (exact) mass is 426 g/mol. The van der Waals surface area contributed by atoms with Gasteiger partial charge in [0.05, 0.1) is 17.2 Å². The normalized spacial score (nSPS) is 16.5. The van der Waals surface area contributed by atoms with E-state index in [1.807, 2.05) is 19.9 Å². The lowest BCUT2D eigenvalue weighted by Gasteiger charge is -2.12. The van der Waals surface area contributed by atoms with Crippen molar-refractivity contribution in [1.29, 1.82) is 0 Å². The molecule has 3 rings (SSSR count). The lowest BCUT2D eigenvalue weighted by atomic mass is 10.1. The van der Waals surface area contributed by atoms with Crippen molar-refractivity contribution < 1.29 is 19.0 Å². The highest BCUT2D eigenvalue weighted by atomic mass is 32.2.